The molecular formula is C9H12Cl2N2. The van der Waals surface area contributed by atoms with Crippen LogP contribution >= 0.6 is 23.2 Å². The third kappa shape index (κ3) is 2.56. The van der Waals surface area contributed by atoms with E-state index in [1.807, 2.05) is 7.05 Å². The zero-order valence-electron chi connectivity index (χ0n) is 7.64. The van der Waals surface area contributed by atoms with Gasteiger partial charge < -0.3 is 5.32 Å². The molecule has 1 rings (SSSR count). The highest BCUT2D eigenvalue weighted by Crippen LogP contribution is 2.24. The number of rotatable bonds is 3. The van der Waals surface area contributed by atoms with Gasteiger partial charge >= 0.3 is 0 Å². The molecule has 0 aliphatic heterocycles. The van der Waals surface area contributed by atoms with Crippen molar-refractivity contribution in [1.29, 1.82) is 0 Å². The predicted octanol–water partition coefficient (Wildman–Crippen LogP) is 3.06. The van der Waals surface area contributed by atoms with Crippen molar-refractivity contribution < 1.29 is 0 Å². The van der Waals surface area contributed by atoms with Crippen molar-refractivity contribution in [3.05, 3.63) is 28.0 Å². The maximum atomic E-state index is 5.99. The summed E-state index contributed by atoms with van der Waals surface area (Å²) in [5.74, 6) is 0. The smallest absolute Gasteiger partial charge is 0.0759 e. The van der Waals surface area contributed by atoms with Gasteiger partial charge in [0.15, 0.2) is 0 Å². The minimum Gasteiger partial charge on any atom is -0.312 e. The van der Waals surface area contributed by atoms with Gasteiger partial charge in [0, 0.05) is 6.20 Å². The second kappa shape index (κ2) is 4.80. The quantitative estimate of drug-likeness (QED) is 0.844. The zero-order valence-corrected chi connectivity index (χ0v) is 9.15. The fraction of sp³-hybridized carbons (Fsp3) is 0.444. The summed E-state index contributed by atoms with van der Waals surface area (Å²) < 4.78 is 0. The van der Waals surface area contributed by atoms with Crippen molar-refractivity contribution >= 4 is 23.2 Å². The molecular weight excluding hydrogens is 207 g/mol. The van der Waals surface area contributed by atoms with Crippen LogP contribution in [0, 0.1) is 0 Å². The zero-order chi connectivity index (χ0) is 9.84. The van der Waals surface area contributed by atoms with Gasteiger partial charge in [-0.15, -0.1) is 0 Å². The van der Waals surface area contributed by atoms with Crippen molar-refractivity contribution in [2.45, 2.75) is 19.4 Å². The first-order chi connectivity index (χ1) is 6.19. The van der Waals surface area contributed by atoms with E-state index in [-0.39, 0.29) is 6.04 Å². The lowest BCUT2D eigenvalue weighted by atomic mass is 10.1. The van der Waals surface area contributed by atoms with Crippen LogP contribution in [0.1, 0.15) is 25.1 Å². The van der Waals surface area contributed by atoms with Crippen LogP contribution in [0.25, 0.3) is 0 Å². The Morgan fingerprint density at radius 2 is 2.23 bits per heavy atom. The van der Waals surface area contributed by atoms with Gasteiger partial charge in [-0.3, -0.25) is 4.98 Å². The van der Waals surface area contributed by atoms with Crippen molar-refractivity contribution in [3.8, 4) is 0 Å². The molecule has 0 radical (unpaired) electrons. The SMILES string of the molecule is CCC(NC)c1ncc(Cl)cc1Cl. The molecule has 1 aromatic heterocycles. The Balaban J connectivity index is 2.99. The number of hydrogen-bond acceptors (Lipinski definition) is 2. The monoisotopic (exact) mass is 218 g/mol. The van der Waals surface area contributed by atoms with Gasteiger partial charge in [-0.2, -0.15) is 0 Å². The Morgan fingerprint density at radius 1 is 1.54 bits per heavy atom. The van der Waals surface area contributed by atoms with Crippen LogP contribution in [0.2, 0.25) is 10.0 Å². The predicted molar refractivity (Wildman–Crippen MR) is 56.3 cm³/mol. The molecule has 1 atom stereocenters. The van der Waals surface area contributed by atoms with E-state index in [9.17, 15) is 0 Å². The van der Waals surface area contributed by atoms with Gasteiger partial charge in [-0.25, -0.2) is 0 Å². The number of hydrogen-bond donors (Lipinski definition) is 1. The largest absolute Gasteiger partial charge is 0.312 e. The van der Waals surface area contributed by atoms with E-state index < -0.39 is 0 Å². The summed E-state index contributed by atoms with van der Waals surface area (Å²) >= 11 is 11.7. The Bertz CT molecular complexity index is 285. The summed E-state index contributed by atoms with van der Waals surface area (Å²) in [4.78, 5) is 4.19. The van der Waals surface area contributed by atoms with Crippen molar-refractivity contribution in [2.75, 3.05) is 7.05 Å². The van der Waals surface area contributed by atoms with Crippen molar-refractivity contribution in [1.82, 2.24) is 10.3 Å². The van der Waals surface area contributed by atoms with Crippen molar-refractivity contribution in [2.24, 2.45) is 0 Å². The van der Waals surface area contributed by atoms with E-state index >= 15 is 0 Å². The lowest BCUT2D eigenvalue weighted by Crippen LogP contribution is -2.16. The molecule has 0 amide bonds. The van der Waals surface area contributed by atoms with Crippen molar-refractivity contribution in [3.63, 3.8) is 0 Å². The van der Waals surface area contributed by atoms with Gasteiger partial charge in [0.1, 0.15) is 0 Å². The molecule has 0 aliphatic carbocycles. The molecule has 1 N–H and O–H groups in total. The summed E-state index contributed by atoms with van der Waals surface area (Å²) in [6.07, 6.45) is 2.56. The highest BCUT2D eigenvalue weighted by Gasteiger charge is 2.12. The average molecular weight is 219 g/mol. The van der Waals surface area contributed by atoms with Gasteiger partial charge in [0.2, 0.25) is 0 Å². The molecule has 0 aliphatic rings. The molecule has 0 aromatic carbocycles. The standard InChI is InChI=1S/C9H12Cl2N2/c1-3-8(12-2)9-7(11)4-6(10)5-13-9/h4-5,8,12H,3H2,1-2H3. The van der Waals surface area contributed by atoms with Gasteiger partial charge in [0.05, 0.1) is 21.8 Å². The molecule has 0 saturated heterocycles. The first kappa shape index (κ1) is 10.8. The maximum absolute atomic E-state index is 5.99. The second-order valence-corrected chi connectivity index (χ2v) is 3.61. The fourth-order valence-corrected chi connectivity index (χ4v) is 1.73. The first-order valence-corrected chi connectivity index (χ1v) is 4.92. The third-order valence-electron chi connectivity index (χ3n) is 1.92. The van der Waals surface area contributed by atoms with Crippen LogP contribution in [0.4, 0.5) is 0 Å². The Hall–Kier alpha value is -0.310. The fourth-order valence-electron chi connectivity index (χ4n) is 1.22. The lowest BCUT2D eigenvalue weighted by molar-refractivity contribution is 0.562. The number of nitrogens with one attached hydrogen (secondary N) is 1. The van der Waals surface area contributed by atoms with E-state index in [1.54, 1.807) is 12.3 Å². The topological polar surface area (TPSA) is 24.9 Å². The molecule has 1 heterocycles. The van der Waals surface area contributed by atoms with Crippen LogP contribution < -0.4 is 5.32 Å². The number of aromatic nitrogens is 1. The van der Waals surface area contributed by atoms with Crippen LogP contribution in [0.5, 0.6) is 0 Å². The minimum atomic E-state index is 0.199. The minimum absolute atomic E-state index is 0.199. The second-order valence-electron chi connectivity index (χ2n) is 2.77. The average Bonchev–Trinajstić information content (AvgIpc) is 2.10. The van der Waals surface area contributed by atoms with E-state index in [1.165, 1.54) is 0 Å². The lowest BCUT2D eigenvalue weighted by Gasteiger charge is -2.14. The number of pyridine rings is 1. The first-order valence-electron chi connectivity index (χ1n) is 4.17. The molecule has 0 fully saturated rings. The molecule has 0 bridgehead atoms. The molecule has 0 saturated carbocycles. The summed E-state index contributed by atoms with van der Waals surface area (Å²) in [6, 6.07) is 1.91. The van der Waals surface area contributed by atoms with E-state index in [0.717, 1.165) is 12.1 Å². The molecule has 2 nitrogen and oxygen atoms in total. The number of halogens is 2. The Kier molecular flexibility index (Phi) is 3.97. The van der Waals surface area contributed by atoms with Gasteiger partial charge in [0.25, 0.3) is 0 Å². The van der Waals surface area contributed by atoms with E-state index in [4.69, 9.17) is 23.2 Å². The van der Waals surface area contributed by atoms with Crippen LogP contribution in [-0.4, -0.2) is 12.0 Å². The Labute approximate surface area is 88.3 Å². The summed E-state index contributed by atoms with van der Waals surface area (Å²) in [5, 5.41) is 4.33. The highest BCUT2D eigenvalue weighted by atomic mass is 35.5. The van der Waals surface area contributed by atoms with Crippen LogP contribution in [0.15, 0.2) is 12.3 Å². The molecule has 72 valence electrons. The van der Waals surface area contributed by atoms with Gasteiger partial charge in [-0.1, -0.05) is 30.1 Å². The van der Waals surface area contributed by atoms with Crippen LogP contribution in [-0.2, 0) is 0 Å². The molecule has 1 unspecified atom stereocenters. The summed E-state index contributed by atoms with van der Waals surface area (Å²) in [5.41, 5.74) is 0.857. The molecule has 0 spiro atoms. The Morgan fingerprint density at radius 3 is 2.69 bits per heavy atom. The maximum Gasteiger partial charge on any atom is 0.0759 e. The summed E-state index contributed by atoms with van der Waals surface area (Å²) in [6.45, 7) is 2.08. The van der Waals surface area contributed by atoms with Gasteiger partial charge in [-0.05, 0) is 19.5 Å². The third-order valence-corrected chi connectivity index (χ3v) is 2.43. The normalized spacial score (nSPS) is 12.9. The molecule has 4 heteroatoms. The number of nitrogens with zero attached hydrogens (tertiary/aromatic N) is 1. The van der Waals surface area contributed by atoms with E-state index in [2.05, 4.69) is 17.2 Å². The van der Waals surface area contributed by atoms with Crippen LogP contribution in [0.3, 0.4) is 0 Å². The highest BCUT2D eigenvalue weighted by molar-refractivity contribution is 6.34. The summed E-state index contributed by atoms with van der Waals surface area (Å²) in [7, 11) is 1.89. The molecule has 13 heavy (non-hydrogen) atoms. The van der Waals surface area contributed by atoms with E-state index in [0.29, 0.717) is 10.0 Å². The molecule has 1 aromatic rings.